The van der Waals surface area contributed by atoms with Crippen molar-refractivity contribution in [2.24, 2.45) is 0 Å². The third-order valence-electron chi connectivity index (χ3n) is 9.61. The molecule has 10 rings (SSSR count). The van der Waals surface area contributed by atoms with Gasteiger partial charge in [0, 0.05) is 58.9 Å². The summed E-state index contributed by atoms with van der Waals surface area (Å²) >= 11 is 1.88. The highest BCUT2D eigenvalue weighted by atomic mass is 32.1. The monoisotopic (exact) mass is 655 g/mol. The second-order valence-corrected chi connectivity index (χ2v) is 13.6. The van der Waals surface area contributed by atoms with Crippen molar-refractivity contribution in [1.82, 2.24) is 14.5 Å². The minimum absolute atomic E-state index is 0.706. The van der Waals surface area contributed by atoms with Gasteiger partial charge in [0.25, 0.3) is 0 Å². The predicted octanol–water partition coefficient (Wildman–Crippen LogP) is 12.6. The molecule has 0 aliphatic heterocycles. The van der Waals surface area contributed by atoms with Gasteiger partial charge in [-0.25, -0.2) is 9.97 Å². The number of rotatable bonds is 5. The molecule has 0 saturated heterocycles. The lowest BCUT2D eigenvalue weighted by atomic mass is 9.99. The molecule has 0 N–H and O–H groups in total. The van der Waals surface area contributed by atoms with Gasteiger partial charge in [-0.3, -0.25) is 0 Å². The molecular weight excluding hydrogens is 627 g/mol. The van der Waals surface area contributed by atoms with Gasteiger partial charge < -0.3 is 4.57 Å². The molecule has 10 aromatic rings. The van der Waals surface area contributed by atoms with Crippen LogP contribution in [0.15, 0.2) is 176 Å². The number of hydrogen-bond acceptors (Lipinski definition) is 3. The van der Waals surface area contributed by atoms with Crippen LogP contribution in [0.25, 0.3) is 92.7 Å². The fourth-order valence-electron chi connectivity index (χ4n) is 7.29. The molecular formula is C46H29N3S. The van der Waals surface area contributed by atoms with Crippen LogP contribution in [0, 0.1) is 0 Å². The van der Waals surface area contributed by atoms with Gasteiger partial charge in [0.05, 0.1) is 22.4 Å². The Kier molecular flexibility index (Phi) is 6.68. The fraction of sp³-hybridized carbons (Fsp3) is 0. The van der Waals surface area contributed by atoms with E-state index in [1.54, 1.807) is 0 Å². The van der Waals surface area contributed by atoms with E-state index in [1.165, 1.54) is 53.1 Å². The van der Waals surface area contributed by atoms with E-state index in [4.69, 9.17) is 9.97 Å². The summed E-state index contributed by atoms with van der Waals surface area (Å²) in [5.74, 6) is 0.706. The van der Waals surface area contributed by atoms with Crippen LogP contribution in [0.1, 0.15) is 0 Å². The van der Waals surface area contributed by atoms with Crippen molar-refractivity contribution in [2.75, 3.05) is 0 Å². The average Bonchev–Trinajstić information content (AvgIpc) is 3.75. The average molecular weight is 656 g/mol. The first-order valence-corrected chi connectivity index (χ1v) is 17.7. The van der Waals surface area contributed by atoms with Crippen LogP contribution in [0.2, 0.25) is 0 Å². The molecule has 0 spiro atoms. The molecule has 4 heteroatoms. The van der Waals surface area contributed by atoms with Gasteiger partial charge in [-0.15, -0.1) is 11.3 Å². The predicted molar refractivity (Wildman–Crippen MR) is 211 cm³/mol. The van der Waals surface area contributed by atoms with Crippen molar-refractivity contribution >= 4 is 53.3 Å². The molecule has 0 bridgehead atoms. The second kappa shape index (κ2) is 11.7. The molecule has 0 amide bonds. The zero-order valence-electron chi connectivity index (χ0n) is 27.0. The van der Waals surface area contributed by atoms with Crippen LogP contribution in [0.4, 0.5) is 0 Å². The molecule has 3 nitrogen and oxygen atoms in total. The first-order valence-electron chi connectivity index (χ1n) is 16.8. The van der Waals surface area contributed by atoms with E-state index in [0.717, 1.165) is 33.8 Å². The number of fused-ring (bicyclic) bond motifs is 7. The van der Waals surface area contributed by atoms with E-state index in [9.17, 15) is 0 Å². The lowest BCUT2D eigenvalue weighted by Gasteiger charge is -2.12. The van der Waals surface area contributed by atoms with Gasteiger partial charge in [-0.1, -0.05) is 127 Å². The molecule has 3 heterocycles. The van der Waals surface area contributed by atoms with Gasteiger partial charge in [0.1, 0.15) is 0 Å². The van der Waals surface area contributed by atoms with Crippen LogP contribution >= 0.6 is 11.3 Å². The molecule has 0 unspecified atom stereocenters. The largest absolute Gasteiger partial charge is 0.309 e. The highest BCUT2D eigenvalue weighted by Crippen LogP contribution is 2.47. The Balaban J connectivity index is 1.20. The van der Waals surface area contributed by atoms with Crippen molar-refractivity contribution in [1.29, 1.82) is 0 Å². The summed E-state index contributed by atoms with van der Waals surface area (Å²) in [6, 6.07) is 62.3. The topological polar surface area (TPSA) is 30.7 Å². The highest BCUT2D eigenvalue weighted by Gasteiger charge is 2.21. The minimum atomic E-state index is 0.706. The van der Waals surface area contributed by atoms with E-state index in [-0.39, 0.29) is 0 Å². The van der Waals surface area contributed by atoms with Gasteiger partial charge >= 0.3 is 0 Å². The Hall–Kier alpha value is -6.36. The summed E-state index contributed by atoms with van der Waals surface area (Å²) in [6.07, 6.45) is 0. The van der Waals surface area contributed by atoms with Crippen molar-refractivity contribution in [3.63, 3.8) is 0 Å². The minimum Gasteiger partial charge on any atom is -0.309 e. The van der Waals surface area contributed by atoms with Crippen molar-refractivity contribution in [3.05, 3.63) is 176 Å². The molecule has 0 radical (unpaired) electrons. The quantitative estimate of drug-likeness (QED) is 0.185. The normalized spacial score (nSPS) is 11.6. The summed E-state index contributed by atoms with van der Waals surface area (Å²) in [6.45, 7) is 0. The summed E-state index contributed by atoms with van der Waals surface area (Å²) < 4.78 is 5.05. The Labute approximate surface area is 293 Å². The molecule has 3 aromatic heterocycles. The van der Waals surface area contributed by atoms with Crippen LogP contribution in [-0.4, -0.2) is 14.5 Å². The molecule has 0 fully saturated rings. The molecule has 0 atom stereocenters. The number of aromatic nitrogens is 3. The van der Waals surface area contributed by atoms with Crippen molar-refractivity contribution in [3.8, 4) is 50.7 Å². The molecule has 0 saturated carbocycles. The lowest BCUT2D eigenvalue weighted by molar-refractivity contribution is 1.17. The highest BCUT2D eigenvalue weighted by molar-refractivity contribution is 7.26. The third-order valence-corrected chi connectivity index (χ3v) is 10.8. The summed E-state index contributed by atoms with van der Waals surface area (Å²) in [7, 11) is 0. The summed E-state index contributed by atoms with van der Waals surface area (Å²) in [4.78, 5) is 10.2. The smallest absolute Gasteiger partial charge is 0.160 e. The summed E-state index contributed by atoms with van der Waals surface area (Å²) in [5.41, 5.74) is 11.0. The van der Waals surface area contributed by atoms with E-state index in [1.807, 2.05) is 23.5 Å². The zero-order chi connectivity index (χ0) is 33.0. The number of para-hydroxylation sites is 1. The molecule has 234 valence electrons. The van der Waals surface area contributed by atoms with Gasteiger partial charge in [0.2, 0.25) is 0 Å². The van der Waals surface area contributed by atoms with E-state index < -0.39 is 0 Å². The lowest BCUT2D eigenvalue weighted by Crippen LogP contribution is -1.97. The maximum absolute atomic E-state index is 5.08. The van der Waals surface area contributed by atoms with Crippen LogP contribution in [0.3, 0.4) is 0 Å². The van der Waals surface area contributed by atoms with E-state index in [2.05, 4.69) is 168 Å². The zero-order valence-corrected chi connectivity index (χ0v) is 27.8. The molecule has 0 aliphatic carbocycles. The van der Waals surface area contributed by atoms with Gasteiger partial charge in [0.15, 0.2) is 5.82 Å². The number of benzene rings is 7. The number of nitrogens with zero attached hydrogens (tertiary/aromatic N) is 3. The Morgan fingerprint density at radius 2 is 1.00 bits per heavy atom. The summed E-state index contributed by atoms with van der Waals surface area (Å²) in [5, 5.41) is 5.09. The first kappa shape index (κ1) is 28.6. The Morgan fingerprint density at radius 1 is 0.440 bits per heavy atom. The standard InChI is InChI=1S/C46H29N3S/c1-4-14-30(15-5-1)37-28-38-35-20-10-12-22-41(35)49(44(38)43-36-21-11-13-23-42(36)50-45(37)43)34-26-24-33(25-27-34)46-47-39(31-16-6-2-7-17-31)29-40(48-46)32-18-8-3-9-19-32/h1-29H. The third kappa shape index (κ3) is 4.65. The first-order chi connectivity index (χ1) is 24.8. The van der Waals surface area contributed by atoms with Crippen molar-refractivity contribution in [2.45, 2.75) is 0 Å². The second-order valence-electron chi connectivity index (χ2n) is 12.6. The van der Waals surface area contributed by atoms with Crippen LogP contribution in [-0.2, 0) is 0 Å². The number of hydrogen-bond donors (Lipinski definition) is 0. The Morgan fingerprint density at radius 3 is 1.66 bits per heavy atom. The fourth-order valence-corrected chi connectivity index (χ4v) is 8.53. The molecule has 50 heavy (non-hydrogen) atoms. The van der Waals surface area contributed by atoms with E-state index in [0.29, 0.717) is 5.82 Å². The maximum atomic E-state index is 5.08. The van der Waals surface area contributed by atoms with Crippen molar-refractivity contribution < 1.29 is 0 Å². The SMILES string of the molecule is c1ccc(-c2cc(-c3ccccc3)nc(-c3ccc(-n4c5ccccc5c5cc(-c6ccccc6)c6sc7ccccc7c6c54)cc3)n2)cc1. The maximum Gasteiger partial charge on any atom is 0.160 e. The van der Waals surface area contributed by atoms with Crippen LogP contribution < -0.4 is 0 Å². The number of thiophene rings is 1. The van der Waals surface area contributed by atoms with Gasteiger partial charge in [-0.2, -0.15) is 0 Å². The Bertz CT molecular complexity index is 2780. The van der Waals surface area contributed by atoms with E-state index >= 15 is 0 Å². The van der Waals surface area contributed by atoms with Gasteiger partial charge in [-0.05, 0) is 54.1 Å². The molecule has 7 aromatic carbocycles. The molecule has 0 aliphatic rings. The van der Waals surface area contributed by atoms with Crippen LogP contribution in [0.5, 0.6) is 0 Å².